The summed E-state index contributed by atoms with van der Waals surface area (Å²) in [5, 5.41) is 17.3. The summed E-state index contributed by atoms with van der Waals surface area (Å²) in [4.78, 5) is 68.0. The molecule has 0 fully saturated rings. The van der Waals surface area contributed by atoms with Crippen LogP contribution in [0.1, 0.15) is 116 Å². The Labute approximate surface area is 292 Å². The fourth-order valence-electron chi connectivity index (χ4n) is 4.83. The monoisotopic (exact) mass is 701 g/mol. The van der Waals surface area contributed by atoms with Gasteiger partial charge in [0.05, 0.1) is 39.6 Å². The lowest BCUT2D eigenvalue weighted by Gasteiger charge is -2.14. The highest BCUT2D eigenvalue weighted by molar-refractivity contribution is 5.84. The molecular weight excluding hydrogens is 638 g/mol. The van der Waals surface area contributed by atoms with Gasteiger partial charge in [0.15, 0.2) is 0 Å². The number of carbonyl (C=O) groups is 6. The SMILES string of the molecule is O=CCCCCCCCCCCCCCCCCC(=O)N[C@@H](CCC(=O)NCCOCCOCC(=O)NCCOCCOCC=O)C(=O)O. The maximum absolute atomic E-state index is 12.3. The molecule has 3 amide bonds. The highest BCUT2D eigenvalue weighted by Crippen LogP contribution is 2.13. The van der Waals surface area contributed by atoms with Gasteiger partial charge in [0.1, 0.15) is 31.8 Å². The van der Waals surface area contributed by atoms with E-state index in [1.165, 1.54) is 51.4 Å². The van der Waals surface area contributed by atoms with Crippen LogP contribution in [0.2, 0.25) is 0 Å². The Morgan fingerprint density at radius 1 is 0.531 bits per heavy atom. The summed E-state index contributed by atoms with van der Waals surface area (Å²) in [7, 11) is 0. The van der Waals surface area contributed by atoms with Crippen LogP contribution in [0.25, 0.3) is 0 Å². The molecule has 0 aliphatic carbocycles. The van der Waals surface area contributed by atoms with Gasteiger partial charge in [0, 0.05) is 32.4 Å². The quantitative estimate of drug-likeness (QED) is 0.0545. The van der Waals surface area contributed by atoms with Crippen LogP contribution in [0.5, 0.6) is 0 Å². The Morgan fingerprint density at radius 3 is 1.55 bits per heavy atom. The minimum absolute atomic E-state index is 0.00693. The molecule has 0 aliphatic rings. The Kier molecular flexibility index (Phi) is 34.2. The van der Waals surface area contributed by atoms with Crippen molar-refractivity contribution in [2.75, 3.05) is 65.9 Å². The molecule has 49 heavy (non-hydrogen) atoms. The van der Waals surface area contributed by atoms with Crippen molar-refractivity contribution in [1.29, 1.82) is 0 Å². The molecule has 0 heterocycles. The average Bonchev–Trinajstić information content (AvgIpc) is 3.08. The van der Waals surface area contributed by atoms with Crippen LogP contribution >= 0.6 is 0 Å². The third-order valence-corrected chi connectivity index (χ3v) is 7.57. The number of nitrogens with one attached hydrogen (secondary N) is 3. The zero-order chi connectivity index (χ0) is 36.0. The lowest BCUT2D eigenvalue weighted by atomic mass is 10.0. The summed E-state index contributed by atoms with van der Waals surface area (Å²) in [5.41, 5.74) is 0. The number of aldehydes is 2. The van der Waals surface area contributed by atoms with Crippen LogP contribution in [0.15, 0.2) is 0 Å². The molecule has 0 unspecified atom stereocenters. The summed E-state index contributed by atoms with van der Waals surface area (Å²) >= 11 is 0. The number of unbranched alkanes of at least 4 members (excludes halogenated alkanes) is 14. The number of carboxylic acid groups (broad SMARTS) is 1. The molecular formula is C35H63N3O11. The van der Waals surface area contributed by atoms with E-state index in [0.717, 1.165) is 38.4 Å². The number of carbonyl (C=O) groups excluding carboxylic acids is 5. The van der Waals surface area contributed by atoms with Crippen molar-refractivity contribution in [3.05, 3.63) is 0 Å². The van der Waals surface area contributed by atoms with Gasteiger partial charge in [-0.3, -0.25) is 14.4 Å². The first kappa shape index (κ1) is 46.1. The molecule has 1 atom stereocenters. The van der Waals surface area contributed by atoms with Gasteiger partial charge in [-0.2, -0.15) is 0 Å². The molecule has 14 heteroatoms. The molecule has 0 saturated carbocycles. The molecule has 0 radical (unpaired) electrons. The molecule has 0 saturated heterocycles. The Hall–Kier alpha value is -2.94. The fraction of sp³-hybridized carbons (Fsp3) is 0.829. The van der Waals surface area contributed by atoms with Crippen molar-refractivity contribution in [2.24, 2.45) is 0 Å². The number of hydrogen-bond donors (Lipinski definition) is 4. The first-order valence-corrected chi connectivity index (χ1v) is 18.1. The fourth-order valence-corrected chi connectivity index (χ4v) is 4.83. The second-order valence-corrected chi connectivity index (χ2v) is 11.9. The Bertz CT molecular complexity index is 861. The second-order valence-electron chi connectivity index (χ2n) is 11.9. The van der Waals surface area contributed by atoms with E-state index in [-0.39, 0.29) is 76.6 Å². The number of rotatable bonds is 38. The summed E-state index contributed by atoms with van der Waals surface area (Å²) in [6, 6.07) is -1.12. The number of aliphatic carboxylic acids is 1. The van der Waals surface area contributed by atoms with E-state index < -0.39 is 12.0 Å². The van der Waals surface area contributed by atoms with Crippen LogP contribution < -0.4 is 16.0 Å². The Balaban J connectivity index is 3.66. The lowest BCUT2D eigenvalue weighted by molar-refractivity contribution is -0.142. The predicted octanol–water partition coefficient (Wildman–Crippen LogP) is 3.27. The summed E-state index contributed by atoms with van der Waals surface area (Å²) in [6.07, 6.45) is 18.6. The molecule has 0 aliphatic heterocycles. The van der Waals surface area contributed by atoms with E-state index in [0.29, 0.717) is 45.5 Å². The molecule has 4 N–H and O–H groups in total. The van der Waals surface area contributed by atoms with E-state index in [1.54, 1.807) is 0 Å². The van der Waals surface area contributed by atoms with Gasteiger partial charge in [0.2, 0.25) is 17.7 Å². The van der Waals surface area contributed by atoms with Crippen molar-refractivity contribution in [2.45, 2.75) is 122 Å². The Morgan fingerprint density at radius 2 is 1.02 bits per heavy atom. The zero-order valence-corrected chi connectivity index (χ0v) is 29.6. The zero-order valence-electron chi connectivity index (χ0n) is 29.6. The van der Waals surface area contributed by atoms with Gasteiger partial charge >= 0.3 is 5.97 Å². The van der Waals surface area contributed by atoms with E-state index in [2.05, 4.69) is 16.0 Å². The summed E-state index contributed by atoms with van der Waals surface area (Å²) in [5.74, 6) is -2.11. The minimum atomic E-state index is -1.17. The van der Waals surface area contributed by atoms with Crippen LogP contribution in [0, 0.1) is 0 Å². The van der Waals surface area contributed by atoms with Crippen LogP contribution in [0.4, 0.5) is 0 Å². The van der Waals surface area contributed by atoms with Gasteiger partial charge in [-0.25, -0.2) is 4.79 Å². The summed E-state index contributed by atoms with van der Waals surface area (Å²) < 4.78 is 20.7. The van der Waals surface area contributed by atoms with Gasteiger partial charge in [-0.1, -0.05) is 77.0 Å². The molecule has 0 rings (SSSR count). The molecule has 284 valence electrons. The smallest absolute Gasteiger partial charge is 0.326 e. The van der Waals surface area contributed by atoms with E-state index in [1.807, 2.05) is 0 Å². The highest BCUT2D eigenvalue weighted by Gasteiger charge is 2.20. The first-order valence-electron chi connectivity index (χ1n) is 18.1. The molecule has 0 bridgehead atoms. The van der Waals surface area contributed by atoms with Gasteiger partial charge < -0.3 is 49.6 Å². The number of ether oxygens (including phenoxy) is 4. The highest BCUT2D eigenvalue weighted by atomic mass is 16.5. The number of amides is 3. The topological polar surface area (TPSA) is 196 Å². The maximum atomic E-state index is 12.3. The molecule has 0 aromatic heterocycles. The van der Waals surface area contributed by atoms with Crippen molar-refractivity contribution in [3.63, 3.8) is 0 Å². The second kappa shape index (κ2) is 36.3. The van der Waals surface area contributed by atoms with Crippen LogP contribution in [0.3, 0.4) is 0 Å². The third kappa shape index (κ3) is 34.7. The van der Waals surface area contributed by atoms with Crippen molar-refractivity contribution < 1.29 is 52.8 Å². The van der Waals surface area contributed by atoms with Gasteiger partial charge in [-0.15, -0.1) is 0 Å². The average molecular weight is 702 g/mol. The van der Waals surface area contributed by atoms with E-state index in [4.69, 9.17) is 18.9 Å². The molecule has 0 aromatic carbocycles. The van der Waals surface area contributed by atoms with E-state index in [9.17, 15) is 33.9 Å². The lowest BCUT2D eigenvalue weighted by Crippen LogP contribution is -2.41. The van der Waals surface area contributed by atoms with E-state index >= 15 is 0 Å². The first-order chi connectivity index (χ1) is 23.9. The summed E-state index contributed by atoms with van der Waals surface area (Å²) in [6.45, 7) is 2.05. The van der Waals surface area contributed by atoms with Gasteiger partial charge in [0.25, 0.3) is 0 Å². The largest absolute Gasteiger partial charge is 0.480 e. The third-order valence-electron chi connectivity index (χ3n) is 7.57. The number of carboxylic acids is 1. The van der Waals surface area contributed by atoms with Crippen molar-refractivity contribution >= 4 is 36.3 Å². The number of hydrogen-bond acceptors (Lipinski definition) is 10. The predicted molar refractivity (Wildman–Crippen MR) is 184 cm³/mol. The van der Waals surface area contributed by atoms with Gasteiger partial charge in [-0.05, 0) is 19.3 Å². The molecule has 0 aromatic rings. The van der Waals surface area contributed by atoms with Crippen LogP contribution in [-0.2, 0) is 47.7 Å². The maximum Gasteiger partial charge on any atom is 0.326 e. The minimum Gasteiger partial charge on any atom is -0.480 e. The molecule has 0 spiro atoms. The van der Waals surface area contributed by atoms with Crippen molar-refractivity contribution in [3.8, 4) is 0 Å². The van der Waals surface area contributed by atoms with Crippen molar-refractivity contribution in [1.82, 2.24) is 16.0 Å². The standard InChI is InChI=1S/C35H63N3O11/c39-21-15-13-11-9-7-5-3-1-2-4-6-8-10-12-14-16-33(42)38-31(35(44)45)17-18-32(41)36-19-23-47-28-29-49-30-34(43)37-20-24-46-26-27-48-25-22-40/h21-22,31H,1-20,23-30H2,(H,36,41)(H,37,43)(H,38,42)(H,44,45)/t31-/m0/s1. The molecule has 14 nitrogen and oxygen atoms in total. The normalized spacial score (nSPS) is 11.5. The van der Waals surface area contributed by atoms with Crippen LogP contribution in [-0.4, -0.2) is 113 Å².